The van der Waals surface area contributed by atoms with E-state index in [-0.39, 0.29) is 22.8 Å². The molecule has 6 rings (SSSR count). The molecule has 0 radical (unpaired) electrons. The number of para-hydroxylation sites is 1. The van der Waals surface area contributed by atoms with Gasteiger partial charge in [0, 0.05) is 11.1 Å². The van der Waals surface area contributed by atoms with E-state index >= 15 is 0 Å². The van der Waals surface area contributed by atoms with Crippen LogP contribution in [0.4, 0.5) is 14.5 Å². The molecule has 1 atom stereocenters. The lowest BCUT2D eigenvalue weighted by molar-refractivity contribution is -0.117. The van der Waals surface area contributed by atoms with Crippen molar-refractivity contribution in [2.45, 2.75) is 13.1 Å². The number of aryl methyl sites for hydroxylation is 1. The predicted octanol–water partition coefficient (Wildman–Crippen LogP) is 3.92. The van der Waals surface area contributed by atoms with Crippen LogP contribution in [0.25, 0.3) is 17.0 Å². The van der Waals surface area contributed by atoms with Gasteiger partial charge < -0.3 is 10.6 Å². The fourth-order valence-corrected chi connectivity index (χ4v) is 4.34. The molecule has 0 saturated carbocycles. The standard InChI is InChI=1S/C28H19F2N7O2/c1-15-10-13-21-32-24(20-12-11-17(29)14-31-20)25(37(21)36-15)27(38)35-26-28(39)34-23-18(8-5-9-19(23)30)22(33-26)16-6-3-2-4-7-16/h2-14,26H,1H3,(H,34,39)(H,35,38)/t26-/m1/s1. The number of rotatable bonds is 4. The van der Waals surface area contributed by atoms with Crippen LogP contribution in [0, 0.1) is 18.6 Å². The second kappa shape index (κ2) is 9.53. The smallest absolute Gasteiger partial charge is 0.274 e. The van der Waals surface area contributed by atoms with Gasteiger partial charge in [0.1, 0.15) is 17.3 Å². The number of aliphatic imine (C=N–C) groups is 1. The van der Waals surface area contributed by atoms with Crippen LogP contribution in [0.15, 0.2) is 84.0 Å². The van der Waals surface area contributed by atoms with Crippen LogP contribution in [0.5, 0.6) is 0 Å². The van der Waals surface area contributed by atoms with Gasteiger partial charge in [0.05, 0.1) is 29.0 Å². The van der Waals surface area contributed by atoms with Crippen LogP contribution in [-0.2, 0) is 4.79 Å². The Kier molecular flexibility index (Phi) is 5.87. The number of amides is 2. The molecule has 0 fully saturated rings. The average molecular weight is 524 g/mol. The van der Waals surface area contributed by atoms with E-state index in [2.05, 4.69) is 30.7 Å². The highest BCUT2D eigenvalue weighted by atomic mass is 19.1. The molecule has 39 heavy (non-hydrogen) atoms. The number of nitrogens with one attached hydrogen (secondary N) is 2. The largest absolute Gasteiger partial charge is 0.321 e. The zero-order valence-electron chi connectivity index (χ0n) is 20.4. The monoisotopic (exact) mass is 523 g/mol. The molecular formula is C28H19F2N7O2. The Bertz CT molecular complexity index is 1780. The number of carbonyl (C=O) groups excluding carboxylic acids is 2. The molecule has 1 aliphatic heterocycles. The zero-order valence-corrected chi connectivity index (χ0v) is 20.4. The van der Waals surface area contributed by atoms with Gasteiger partial charge in [-0.15, -0.1) is 0 Å². The number of imidazole rings is 1. The number of pyridine rings is 1. The molecular weight excluding hydrogens is 504 g/mol. The molecule has 0 saturated heterocycles. The number of carbonyl (C=O) groups is 2. The van der Waals surface area contributed by atoms with Crippen molar-refractivity contribution >= 4 is 28.9 Å². The van der Waals surface area contributed by atoms with Crippen LogP contribution in [0.2, 0.25) is 0 Å². The van der Waals surface area contributed by atoms with E-state index in [0.717, 1.165) is 6.20 Å². The molecule has 0 unspecified atom stereocenters. The van der Waals surface area contributed by atoms with E-state index in [1.54, 1.807) is 49.4 Å². The molecule has 5 aromatic rings. The number of anilines is 1. The van der Waals surface area contributed by atoms with Gasteiger partial charge in [-0.25, -0.2) is 23.3 Å². The highest BCUT2D eigenvalue weighted by Gasteiger charge is 2.31. The number of hydrogen-bond donors (Lipinski definition) is 2. The second-order valence-electron chi connectivity index (χ2n) is 8.79. The first-order chi connectivity index (χ1) is 18.9. The normalized spacial score (nSPS) is 14.8. The first kappa shape index (κ1) is 24.0. The summed E-state index contributed by atoms with van der Waals surface area (Å²) in [6.07, 6.45) is -0.412. The van der Waals surface area contributed by atoms with Gasteiger partial charge in [-0.1, -0.05) is 42.5 Å². The molecule has 3 aromatic heterocycles. The number of hydrogen-bond acceptors (Lipinski definition) is 6. The molecule has 2 aromatic carbocycles. The van der Waals surface area contributed by atoms with Crippen LogP contribution in [-0.4, -0.2) is 43.3 Å². The summed E-state index contributed by atoms with van der Waals surface area (Å²) >= 11 is 0. The van der Waals surface area contributed by atoms with E-state index in [1.807, 2.05) is 6.07 Å². The minimum atomic E-state index is -1.43. The lowest BCUT2D eigenvalue weighted by Crippen LogP contribution is -2.43. The van der Waals surface area contributed by atoms with Gasteiger partial charge in [0.2, 0.25) is 6.17 Å². The highest BCUT2D eigenvalue weighted by Crippen LogP contribution is 2.27. The molecule has 2 N–H and O–H groups in total. The lowest BCUT2D eigenvalue weighted by Gasteiger charge is -2.14. The van der Waals surface area contributed by atoms with Gasteiger partial charge in [-0.05, 0) is 37.3 Å². The van der Waals surface area contributed by atoms with Gasteiger partial charge in [0.25, 0.3) is 11.8 Å². The Morgan fingerprint density at radius 1 is 1.00 bits per heavy atom. The number of halogens is 2. The van der Waals surface area contributed by atoms with Crippen molar-refractivity contribution in [3.63, 3.8) is 0 Å². The summed E-state index contributed by atoms with van der Waals surface area (Å²) in [6, 6.07) is 19.3. The first-order valence-corrected chi connectivity index (χ1v) is 11.9. The van der Waals surface area contributed by atoms with Crippen LogP contribution >= 0.6 is 0 Å². The fraction of sp³-hybridized carbons (Fsp3) is 0.0714. The van der Waals surface area contributed by atoms with Crippen molar-refractivity contribution in [3.05, 3.63) is 113 Å². The summed E-state index contributed by atoms with van der Waals surface area (Å²) in [5.41, 5.74) is 2.59. The first-order valence-electron chi connectivity index (χ1n) is 11.9. The highest BCUT2D eigenvalue weighted by molar-refractivity contribution is 6.20. The summed E-state index contributed by atoms with van der Waals surface area (Å²) in [4.78, 5) is 40.1. The Morgan fingerprint density at radius 2 is 1.82 bits per heavy atom. The predicted molar refractivity (Wildman–Crippen MR) is 139 cm³/mol. The van der Waals surface area contributed by atoms with Crippen molar-refractivity contribution in [1.29, 1.82) is 0 Å². The molecule has 4 heterocycles. The summed E-state index contributed by atoms with van der Waals surface area (Å²) < 4.78 is 29.7. The van der Waals surface area contributed by atoms with E-state index in [0.29, 0.717) is 28.2 Å². The van der Waals surface area contributed by atoms with Crippen molar-refractivity contribution in [2.75, 3.05) is 5.32 Å². The maximum Gasteiger partial charge on any atom is 0.274 e. The minimum Gasteiger partial charge on any atom is -0.321 e. The Balaban J connectivity index is 1.46. The van der Waals surface area contributed by atoms with E-state index in [1.165, 1.54) is 28.8 Å². The van der Waals surface area contributed by atoms with Gasteiger partial charge >= 0.3 is 0 Å². The number of nitrogens with zero attached hydrogens (tertiary/aromatic N) is 5. The zero-order chi connectivity index (χ0) is 27.1. The van der Waals surface area contributed by atoms with Gasteiger partial charge in [0.15, 0.2) is 11.3 Å². The van der Waals surface area contributed by atoms with E-state index < -0.39 is 29.6 Å². The Labute approximate surface area is 220 Å². The summed E-state index contributed by atoms with van der Waals surface area (Å²) in [7, 11) is 0. The van der Waals surface area contributed by atoms with Crippen molar-refractivity contribution in [3.8, 4) is 11.4 Å². The quantitative estimate of drug-likeness (QED) is 0.371. The third kappa shape index (κ3) is 4.39. The SMILES string of the molecule is Cc1ccc2nc(-c3ccc(F)cn3)c(C(=O)N[C@H]3N=C(c4ccccc4)c4cccc(F)c4NC3=O)n2n1. The molecule has 9 nitrogen and oxygen atoms in total. The summed E-state index contributed by atoms with van der Waals surface area (Å²) in [5.74, 6) is -2.65. The van der Waals surface area contributed by atoms with Crippen molar-refractivity contribution < 1.29 is 18.4 Å². The number of benzene rings is 2. The van der Waals surface area contributed by atoms with E-state index in [9.17, 15) is 18.4 Å². The van der Waals surface area contributed by atoms with Crippen molar-refractivity contribution in [2.24, 2.45) is 4.99 Å². The van der Waals surface area contributed by atoms with Gasteiger partial charge in [-0.3, -0.25) is 14.6 Å². The maximum absolute atomic E-state index is 14.8. The number of aromatic nitrogens is 4. The molecule has 192 valence electrons. The van der Waals surface area contributed by atoms with Gasteiger partial charge in [-0.2, -0.15) is 5.10 Å². The molecule has 0 aliphatic carbocycles. The number of fused-ring (bicyclic) bond motifs is 2. The second-order valence-corrected chi connectivity index (χ2v) is 8.79. The topological polar surface area (TPSA) is 114 Å². The minimum absolute atomic E-state index is 0.0231. The number of benzodiazepines with no additional fused rings is 1. The molecule has 2 amide bonds. The summed E-state index contributed by atoms with van der Waals surface area (Å²) in [6.45, 7) is 1.75. The fourth-order valence-electron chi connectivity index (χ4n) is 4.34. The Hall–Kier alpha value is -5.32. The van der Waals surface area contributed by atoms with Crippen LogP contribution < -0.4 is 10.6 Å². The van der Waals surface area contributed by atoms with Crippen LogP contribution in [0.3, 0.4) is 0 Å². The third-order valence-electron chi connectivity index (χ3n) is 6.13. The Morgan fingerprint density at radius 3 is 2.59 bits per heavy atom. The lowest BCUT2D eigenvalue weighted by atomic mass is 10.0. The third-order valence-corrected chi connectivity index (χ3v) is 6.13. The molecule has 1 aliphatic rings. The van der Waals surface area contributed by atoms with Crippen molar-refractivity contribution in [1.82, 2.24) is 24.9 Å². The van der Waals surface area contributed by atoms with Crippen LogP contribution in [0.1, 0.15) is 27.3 Å². The summed E-state index contributed by atoms with van der Waals surface area (Å²) in [5, 5.41) is 9.59. The molecule has 11 heteroatoms. The maximum atomic E-state index is 14.8. The average Bonchev–Trinajstić information content (AvgIpc) is 3.24. The molecule has 0 spiro atoms. The molecule has 0 bridgehead atoms. The van der Waals surface area contributed by atoms with E-state index in [4.69, 9.17) is 0 Å².